The van der Waals surface area contributed by atoms with E-state index in [1.165, 1.54) is 6.33 Å². The van der Waals surface area contributed by atoms with Gasteiger partial charge in [-0.1, -0.05) is 18.2 Å². The Morgan fingerprint density at radius 3 is 2.15 bits per heavy atom. The Morgan fingerprint density at radius 2 is 1.54 bits per heavy atom. The van der Waals surface area contributed by atoms with Crippen LogP contribution in [0.5, 0.6) is 0 Å². The number of ether oxygens (including phenoxy) is 1. The second-order valence-corrected chi connectivity index (χ2v) is 26.2. The molecular formula is C26H41N5O5Si3. The number of anilines is 1. The number of fused-ring (bicyclic) bond motifs is 1. The average molecular weight is 588 g/mol. The molecule has 0 unspecified atom stereocenters. The van der Waals surface area contributed by atoms with Crippen LogP contribution >= 0.6 is 0 Å². The normalized spacial score (nSPS) is 22.4. The van der Waals surface area contributed by atoms with Crippen LogP contribution in [0.2, 0.25) is 58.9 Å². The Hall–Kier alpha value is -2.27. The molecule has 1 saturated heterocycles. The number of rotatable bonds is 10. The van der Waals surface area contributed by atoms with Gasteiger partial charge in [-0.3, -0.25) is 9.36 Å². The predicted octanol–water partition coefficient (Wildman–Crippen LogP) is 5.27. The van der Waals surface area contributed by atoms with Crippen molar-refractivity contribution < 1.29 is 22.8 Å². The van der Waals surface area contributed by atoms with Gasteiger partial charge in [0, 0.05) is 5.56 Å². The first-order valence-corrected chi connectivity index (χ1v) is 23.5. The minimum absolute atomic E-state index is 0.269. The summed E-state index contributed by atoms with van der Waals surface area (Å²) in [6.07, 6.45) is 1.56. The van der Waals surface area contributed by atoms with E-state index in [2.05, 4.69) is 79.2 Å². The topological polar surface area (TPSA) is 110 Å². The molecule has 0 saturated carbocycles. The van der Waals surface area contributed by atoms with Gasteiger partial charge >= 0.3 is 0 Å². The molecule has 212 valence electrons. The summed E-state index contributed by atoms with van der Waals surface area (Å²) in [5, 5.41) is 2.87. The summed E-state index contributed by atoms with van der Waals surface area (Å²) in [5.41, 5.74) is 1.55. The van der Waals surface area contributed by atoms with Crippen LogP contribution in [0, 0.1) is 0 Å². The Labute approximate surface area is 233 Å². The molecule has 1 aliphatic rings. The molecule has 4 atom stereocenters. The highest BCUT2D eigenvalue weighted by Gasteiger charge is 2.50. The number of nitrogens with zero attached hydrogens (tertiary/aromatic N) is 4. The molecule has 10 nitrogen and oxygen atoms in total. The fourth-order valence-electron chi connectivity index (χ4n) is 4.38. The molecule has 13 heteroatoms. The van der Waals surface area contributed by atoms with Crippen molar-refractivity contribution in [1.82, 2.24) is 19.5 Å². The first-order valence-electron chi connectivity index (χ1n) is 13.3. The molecule has 0 aliphatic carbocycles. The van der Waals surface area contributed by atoms with Crippen molar-refractivity contribution in [3.05, 3.63) is 48.5 Å². The number of carbonyl (C=O) groups is 1. The highest BCUT2D eigenvalue weighted by molar-refractivity contribution is 6.70. The lowest BCUT2D eigenvalue weighted by Gasteiger charge is -2.34. The smallest absolute Gasteiger partial charge is 0.256 e. The third-order valence-corrected chi connectivity index (χ3v) is 8.84. The summed E-state index contributed by atoms with van der Waals surface area (Å²) in [5.74, 6) is 0.0659. The number of carbonyl (C=O) groups excluding carboxylic acids is 1. The van der Waals surface area contributed by atoms with E-state index >= 15 is 0 Å². The fourth-order valence-corrected chi connectivity index (χ4v) is 7.22. The van der Waals surface area contributed by atoms with Crippen LogP contribution in [0.4, 0.5) is 5.82 Å². The highest BCUT2D eigenvalue weighted by Crippen LogP contribution is 2.39. The van der Waals surface area contributed by atoms with Gasteiger partial charge in [-0.25, -0.2) is 15.0 Å². The van der Waals surface area contributed by atoms with Crippen LogP contribution in [0.1, 0.15) is 16.6 Å². The number of benzene rings is 1. The van der Waals surface area contributed by atoms with Crippen molar-refractivity contribution in [2.45, 2.75) is 83.5 Å². The quantitative estimate of drug-likeness (QED) is 0.320. The number of imidazole rings is 1. The van der Waals surface area contributed by atoms with Gasteiger partial charge in [0.1, 0.15) is 24.6 Å². The SMILES string of the molecule is C[Si](C)(C)OC[C@H]1O[C@@H](n2cnc3c(NC(=O)c4ccccc4)ncnc32)[C@H](O[Si](C)(C)C)[C@@H]1O[Si](C)(C)C. The Balaban J connectivity index is 1.71. The summed E-state index contributed by atoms with van der Waals surface area (Å²) < 4.78 is 28.3. The van der Waals surface area contributed by atoms with E-state index in [0.717, 1.165) is 0 Å². The van der Waals surface area contributed by atoms with Gasteiger partial charge in [-0.15, -0.1) is 0 Å². The van der Waals surface area contributed by atoms with Crippen molar-refractivity contribution in [3.63, 3.8) is 0 Å². The molecule has 2 aromatic heterocycles. The monoisotopic (exact) mass is 587 g/mol. The van der Waals surface area contributed by atoms with Gasteiger partial charge in [0.25, 0.3) is 5.91 Å². The molecule has 1 N–H and O–H groups in total. The molecule has 0 radical (unpaired) electrons. The lowest BCUT2D eigenvalue weighted by atomic mass is 10.1. The standard InChI is InChI=1S/C26H41N5O5Si3/c1-37(2,3)33-15-19-21(35-38(4,5)6)22(36-39(7,8)9)26(34-19)31-17-29-20-23(27-16-28-24(20)31)30-25(32)18-13-11-10-12-14-18/h10-14,16-17,19,21-22,26H,15H2,1-9H3,(H,27,28,30,32)/t19-,21-,22-,26-/m1/s1. The number of nitrogens with one attached hydrogen (secondary N) is 1. The largest absolute Gasteiger partial charge is 0.415 e. The van der Waals surface area contributed by atoms with Crippen LogP contribution in [-0.4, -0.2) is 75.3 Å². The van der Waals surface area contributed by atoms with Crippen molar-refractivity contribution in [2.24, 2.45) is 0 Å². The zero-order valence-electron chi connectivity index (χ0n) is 24.4. The van der Waals surface area contributed by atoms with Crippen LogP contribution in [0.3, 0.4) is 0 Å². The Kier molecular flexibility index (Phi) is 8.62. The molecule has 1 fully saturated rings. The molecule has 3 heterocycles. The molecule has 3 aromatic rings. The van der Waals surface area contributed by atoms with E-state index in [1.807, 2.05) is 22.8 Å². The van der Waals surface area contributed by atoms with Gasteiger partial charge in [0.05, 0.1) is 12.9 Å². The number of hydrogen-bond acceptors (Lipinski definition) is 8. The van der Waals surface area contributed by atoms with Gasteiger partial charge in [-0.2, -0.15) is 0 Å². The van der Waals surface area contributed by atoms with Gasteiger partial charge in [0.15, 0.2) is 48.2 Å². The van der Waals surface area contributed by atoms with E-state index in [9.17, 15) is 4.79 Å². The Morgan fingerprint density at radius 1 is 0.897 bits per heavy atom. The number of hydrogen-bond donors (Lipinski definition) is 1. The van der Waals surface area contributed by atoms with Crippen molar-refractivity contribution in [2.75, 3.05) is 11.9 Å². The minimum atomic E-state index is -2.02. The van der Waals surface area contributed by atoms with Gasteiger partial charge in [-0.05, 0) is 71.1 Å². The highest BCUT2D eigenvalue weighted by atomic mass is 28.4. The van der Waals surface area contributed by atoms with E-state index in [0.29, 0.717) is 29.2 Å². The second kappa shape index (κ2) is 11.3. The van der Waals surface area contributed by atoms with Crippen molar-refractivity contribution in [1.29, 1.82) is 0 Å². The van der Waals surface area contributed by atoms with Crippen LogP contribution < -0.4 is 5.32 Å². The lowest BCUT2D eigenvalue weighted by Crippen LogP contribution is -2.48. The van der Waals surface area contributed by atoms with Crippen LogP contribution in [0.25, 0.3) is 11.2 Å². The molecule has 1 aromatic carbocycles. The molecule has 1 aliphatic heterocycles. The summed E-state index contributed by atoms with van der Waals surface area (Å²) in [6.45, 7) is 19.9. The molecular weight excluding hydrogens is 547 g/mol. The lowest BCUT2D eigenvalue weighted by molar-refractivity contribution is -0.0457. The third-order valence-electron chi connectivity index (χ3n) is 5.85. The summed E-state index contributed by atoms with van der Waals surface area (Å²) in [6, 6.07) is 8.99. The maximum Gasteiger partial charge on any atom is 0.256 e. The minimum Gasteiger partial charge on any atom is -0.415 e. The summed E-state index contributed by atoms with van der Waals surface area (Å²) in [7, 11) is -5.79. The van der Waals surface area contributed by atoms with Crippen molar-refractivity contribution >= 4 is 47.8 Å². The van der Waals surface area contributed by atoms with Crippen LogP contribution in [0.15, 0.2) is 43.0 Å². The zero-order valence-corrected chi connectivity index (χ0v) is 27.4. The first kappa shape index (κ1) is 29.7. The molecule has 4 rings (SSSR count). The molecule has 0 bridgehead atoms. The van der Waals surface area contributed by atoms with E-state index in [-0.39, 0.29) is 24.2 Å². The molecule has 39 heavy (non-hydrogen) atoms. The van der Waals surface area contributed by atoms with Crippen molar-refractivity contribution in [3.8, 4) is 0 Å². The van der Waals surface area contributed by atoms with E-state index in [4.69, 9.17) is 18.0 Å². The third kappa shape index (κ3) is 7.69. The van der Waals surface area contributed by atoms with Gasteiger partial charge in [0.2, 0.25) is 0 Å². The number of aromatic nitrogens is 4. The maximum absolute atomic E-state index is 12.8. The first-order chi connectivity index (χ1) is 18.1. The number of amides is 1. The van der Waals surface area contributed by atoms with E-state index in [1.54, 1.807) is 18.5 Å². The second-order valence-electron chi connectivity index (χ2n) is 12.7. The zero-order chi connectivity index (χ0) is 28.6. The summed E-state index contributed by atoms with van der Waals surface area (Å²) >= 11 is 0. The predicted molar refractivity (Wildman–Crippen MR) is 159 cm³/mol. The Bertz CT molecular complexity index is 1290. The maximum atomic E-state index is 12.8. The molecule has 1 amide bonds. The molecule has 0 spiro atoms. The average Bonchev–Trinajstić information content (AvgIpc) is 3.38. The fraction of sp³-hybridized carbons (Fsp3) is 0.538. The van der Waals surface area contributed by atoms with Crippen LogP contribution in [-0.2, 0) is 18.0 Å². The van der Waals surface area contributed by atoms with Gasteiger partial charge < -0.3 is 23.3 Å². The van der Waals surface area contributed by atoms with E-state index < -0.39 is 31.2 Å². The summed E-state index contributed by atoms with van der Waals surface area (Å²) in [4.78, 5) is 26.3.